The van der Waals surface area contributed by atoms with Gasteiger partial charge >= 0.3 is 0 Å². The van der Waals surface area contributed by atoms with Gasteiger partial charge in [-0.05, 0) is 19.8 Å². The van der Waals surface area contributed by atoms with E-state index in [0.29, 0.717) is 13.1 Å². The van der Waals surface area contributed by atoms with Crippen LogP contribution in [0.1, 0.15) is 43.0 Å². The van der Waals surface area contributed by atoms with Gasteiger partial charge in [-0.3, -0.25) is 9.69 Å². The fourth-order valence-corrected chi connectivity index (χ4v) is 5.61. The molecule has 7 nitrogen and oxygen atoms in total. The summed E-state index contributed by atoms with van der Waals surface area (Å²) < 4.78 is 86.9. The maximum absolute atomic E-state index is 14.3. The van der Waals surface area contributed by atoms with E-state index in [2.05, 4.69) is 5.32 Å². The lowest BCUT2D eigenvalue weighted by atomic mass is 9.78. The monoisotopic (exact) mass is 495 g/mol. The molecule has 0 bridgehead atoms. The molecular formula is C21H29F4N3O4S. The number of rotatable bonds is 7. The largest absolute Gasteiger partial charge is 0.497 e. The number of piperazine rings is 1. The van der Waals surface area contributed by atoms with Crippen LogP contribution in [-0.2, 0) is 10.0 Å². The zero-order valence-electron chi connectivity index (χ0n) is 18.7. The van der Waals surface area contributed by atoms with Crippen molar-refractivity contribution in [2.75, 3.05) is 45.6 Å². The molecule has 3 rings (SSSR count). The van der Waals surface area contributed by atoms with E-state index in [4.69, 9.17) is 4.74 Å². The molecule has 0 aromatic heterocycles. The lowest BCUT2D eigenvalue weighted by molar-refractivity contribution is -0.0856. The molecule has 2 aliphatic rings. The molecule has 33 heavy (non-hydrogen) atoms. The summed E-state index contributed by atoms with van der Waals surface area (Å²) in [6.45, 7) is 2.51. The third-order valence-corrected chi connectivity index (χ3v) is 8.52. The van der Waals surface area contributed by atoms with Crippen molar-refractivity contribution < 1.29 is 35.5 Å². The molecule has 1 aromatic carbocycles. The van der Waals surface area contributed by atoms with E-state index in [1.54, 1.807) is 6.92 Å². The Hall–Kier alpha value is -1.92. The van der Waals surface area contributed by atoms with Crippen molar-refractivity contribution in [3.63, 3.8) is 0 Å². The highest BCUT2D eigenvalue weighted by Crippen LogP contribution is 2.42. The highest BCUT2D eigenvalue weighted by molar-refractivity contribution is 7.89. The number of hydrogen-bond acceptors (Lipinski definition) is 5. The van der Waals surface area contributed by atoms with Crippen LogP contribution in [0, 0.1) is 11.6 Å². The summed E-state index contributed by atoms with van der Waals surface area (Å²) in [6.07, 6.45) is -0.647. The Morgan fingerprint density at radius 1 is 1.06 bits per heavy atom. The Morgan fingerprint density at radius 3 is 2.09 bits per heavy atom. The van der Waals surface area contributed by atoms with Gasteiger partial charge in [-0.2, -0.15) is 4.31 Å². The number of alkyl halides is 2. The number of ether oxygens (including phenoxy) is 1. The van der Waals surface area contributed by atoms with Crippen LogP contribution in [-0.4, -0.2) is 80.6 Å². The van der Waals surface area contributed by atoms with Crippen molar-refractivity contribution >= 4 is 15.9 Å². The van der Waals surface area contributed by atoms with Gasteiger partial charge in [-0.25, -0.2) is 26.0 Å². The zero-order chi connectivity index (χ0) is 24.4. The van der Waals surface area contributed by atoms with Gasteiger partial charge in [0, 0.05) is 63.2 Å². The SMILES string of the molecule is CCS(=O)(=O)N1CCN(C2(CNC(=O)c3c(F)cc(OC)cc3F)CCC(F)(F)CC2)CC1. The van der Waals surface area contributed by atoms with Crippen molar-refractivity contribution in [2.45, 2.75) is 44.1 Å². The highest BCUT2D eigenvalue weighted by Gasteiger charge is 2.47. The molecule has 0 spiro atoms. The second-order valence-corrected chi connectivity index (χ2v) is 10.8. The normalized spacial score (nSPS) is 21.5. The molecule has 12 heteroatoms. The number of nitrogens with one attached hydrogen (secondary N) is 1. The smallest absolute Gasteiger partial charge is 0.257 e. The van der Waals surface area contributed by atoms with E-state index < -0.39 is 44.6 Å². The van der Waals surface area contributed by atoms with Crippen LogP contribution in [0.15, 0.2) is 12.1 Å². The molecule has 0 unspecified atom stereocenters. The van der Waals surface area contributed by atoms with E-state index in [1.807, 2.05) is 4.90 Å². The number of nitrogens with zero attached hydrogens (tertiary/aromatic N) is 2. The van der Waals surface area contributed by atoms with Gasteiger partial charge < -0.3 is 10.1 Å². The van der Waals surface area contributed by atoms with Crippen LogP contribution in [0.5, 0.6) is 5.75 Å². The summed E-state index contributed by atoms with van der Waals surface area (Å²) in [5.74, 6) is -6.10. The molecule has 0 radical (unpaired) electrons. The maximum Gasteiger partial charge on any atom is 0.257 e. The fraction of sp³-hybridized carbons (Fsp3) is 0.667. The standard InChI is InChI=1S/C21H29F4N3O4S/c1-3-33(30,31)28-10-8-27(9-11-28)20(4-6-21(24,25)7-5-20)14-26-19(29)18-16(22)12-15(32-2)13-17(18)23/h12-13H,3-11,14H2,1-2H3,(H,26,29). The fourth-order valence-electron chi connectivity index (χ4n) is 4.53. The van der Waals surface area contributed by atoms with Crippen LogP contribution in [0.3, 0.4) is 0 Å². The van der Waals surface area contributed by atoms with E-state index >= 15 is 0 Å². The van der Waals surface area contributed by atoms with Gasteiger partial charge in [0.05, 0.1) is 12.9 Å². The molecule has 1 aromatic rings. The number of methoxy groups -OCH3 is 1. The van der Waals surface area contributed by atoms with Crippen LogP contribution in [0.4, 0.5) is 17.6 Å². The van der Waals surface area contributed by atoms with E-state index in [1.165, 1.54) is 11.4 Å². The number of amides is 1. The molecule has 1 saturated carbocycles. The average Bonchev–Trinajstić information content (AvgIpc) is 2.78. The first-order chi connectivity index (χ1) is 15.4. The Bertz CT molecular complexity index is 949. The molecule has 1 heterocycles. The molecule has 1 N–H and O–H groups in total. The third kappa shape index (κ3) is 5.60. The van der Waals surface area contributed by atoms with E-state index in [-0.39, 0.29) is 56.8 Å². The molecule has 1 aliphatic heterocycles. The minimum absolute atomic E-state index is 0.0284. The zero-order valence-corrected chi connectivity index (χ0v) is 19.5. The lowest BCUT2D eigenvalue weighted by Gasteiger charge is -2.50. The summed E-state index contributed by atoms with van der Waals surface area (Å²) in [7, 11) is -2.13. The Morgan fingerprint density at radius 2 is 1.61 bits per heavy atom. The van der Waals surface area contributed by atoms with E-state index in [9.17, 15) is 30.8 Å². The minimum Gasteiger partial charge on any atom is -0.497 e. The molecule has 0 atom stereocenters. The predicted octanol–water partition coefficient (Wildman–Crippen LogP) is 2.62. The van der Waals surface area contributed by atoms with Crippen molar-refractivity contribution in [1.29, 1.82) is 0 Å². The Labute approximate surface area is 191 Å². The number of halogens is 4. The summed E-state index contributed by atoms with van der Waals surface area (Å²) in [4.78, 5) is 14.5. The number of benzene rings is 1. The van der Waals surface area contributed by atoms with Gasteiger partial charge in [0.25, 0.3) is 5.91 Å². The second-order valence-electron chi connectivity index (χ2n) is 8.52. The van der Waals surface area contributed by atoms with Crippen LogP contribution in [0.25, 0.3) is 0 Å². The average molecular weight is 496 g/mol. The Kier molecular flexibility index (Phi) is 7.59. The second kappa shape index (κ2) is 9.75. The van der Waals surface area contributed by atoms with Gasteiger partial charge in [0.2, 0.25) is 15.9 Å². The first-order valence-electron chi connectivity index (χ1n) is 10.8. The third-order valence-electron chi connectivity index (χ3n) is 6.64. The van der Waals surface area contributed by atoms with Gasteiger partial charge in [-0.15, -0.1) is 0 Å². The van der Waals surface area contributed by atoms with Crippen molar-refractivity contribution in [2.24, 2.45) is 0 Å². The predicted molar refractivity (Wildman–Crippen MR) is 114 cm³/mol. The van der Waals surface area contributed by atoms with Crippen LogP contribution >= 0.6 is 0 Å². The highest BCUT2D eigenvalue weighted by atomic mass is 32.2. The minimum atomic E-state index is -3.37. The summed E-state index contributed by atoms with van der Waals surface area (Å²) >= 11 is 0. The van der Waals surface area contributed by atoms with E-state index in [0.717, 1.165) is 12.1 Å². The first-order valence-corrected chi connectivity index (χ1v) is 12.5. The van der Waals surface area contributed by atoms with Crippen LogP contribution < -0.4 is 10.1 Å². The van der Waals surface area contributed by atoms with Gasteiger partial charge in [0.1, 0.15) is 22.9 Å². The first kappa shape index (κ1) is 25.7. The van der Waals surface area contributed by atoms with Gasteiger partial charge in [-0.1, -0.05) is 0 Å². The van der Waals surface area contributed by atoms with Crippen molar-refractivity contribution in [3.8, 4) is 5.75 Å². The summed E-state index contributed by atoms with van der Waals surface area (Å²) in [5.41, 5.74) is -1.63. The topological polar surface area (TPSA) is 79.0 Å². The molecule has 186 valence electrons. The number of carbonyl (C=O) groups is 1. The molecule has 2 fully saturated rings. The number of sulfonamides is 1. The number of hydrogen-bond donors (Lipinski definition) is 1. The number of carbonyl (C=O) groups excluding carboxylic acids is 1. The lowest BCUT2D eigenvalue weighted by Crippen LogP contribution is -2.63. The summed E-state index contributed by atoms with van der Waals surface area (Å²) in [6, 6.07) is 1.78. The molecular weight excluding hydrogens is 466 g/mol. The molecule has 1 aliphatic carbocycles. The summed E-state index contributed by atoms with van der Waals surface area (Å²) in [5, 5.41) is 2.53. The van der Waals surface area contributed by atoms with Crippen molar-refractivity contribution in [1.82, 2.24) is 14.5 Å². The van der Waals surface area contributed by atoms with Gasteiger partial charge in [0.15, 0.2) is 0 Å². The van der Waals surface area contributed by atoms with Crippen molar-refractivity contribution in [3.05, 3.63) is 29.3 Å². The molecule has 1 saturated heterocycles. The molecule has 1 amide bonds. The Balaban J connectivity index is 1.76. The maximum atomic E-state index is 14.3. The quantitative estimate of drug-likeness (QED) is 0.589. The van der Waals surface area contributed by atoms with Crippen LogP contribution in [0.2, 0.25) is 0 Å².